The van der Waals surface area contributed by atoms with Crippen LogP contribution in [0.15, 0.2) is 0 Å². The maximum absolute atomic E-state index is 12.2. The summed E-state index contributed by atoms with van der Waals surface area (Å²) in [7, 11) is 0. The van der Waals surface area contributed by atoms with Gasteiger partial charge in [0, 0.05) is 19.6 Å². The highest BCUT2D eigenvalue weighted by Gasteiger charge is 2.41. The molecule has 1 saturated heterocycles. The lowest BCUT2D eigenvalue weighted by atomic mass is 9.97. The molecule has 22 heavy (non-hydrogen) atoms. The Labute approximate surface area is 136 Å². The van der Waals surface area contributed by atoms with Gasteiger partial charge < -0.3 is 15.0 Å². The van der Waals surface area contributed by atoms with Crippen molar-refractivity contribution in [2.45, 2.75) is 71.8 Å². The summed E-state index contributed by atoms with van der Waals surface area (Å²) in [5.74, 6) is 0.568. The van der Waals surface area contributed by atoms with Gasteiger partial charge >= 0.3 is 6.09 Å². The van der Waals surface area contributed by atoms with Crippen molar-refractivity contribution in [2.24, 2.45) is 11.3 Å². The van der Waals surface area contributed by atoms with Crippen LogP contribution in [-0.4, -0.2) is 42.8 Å². The molecule has 1 saturated carbocycles. The molecule has 2 rings (SSSR count). The van der Waals surface area contributed by atoms with Crippen LogP contribution in [0, 0.1) is 11.3 Å². The third kappa shape index (κ3) is 5.45. The van der Waals surface area contributed by atoms with Crippen molar-refractivity contribution >= 4 is 6.09 Å². The van der Waals surface area contributed by atoms with Gasteiger partial charge in [0.05, 0.1) is 0 Å². The summed E-state index contributed by atoms with van der Waals surface area (Å²) < 4.78 is 5.49. The zero-order valence-electron chi connectivity index (χ0n) is 14.9. The summed E-state index contributed by atoms with van der Waals surface area (Å²) >= 11 is 0. The van der Waals surface area contributed by atoms with Crippen molar-refractivity contribution in [2.75, 3.05) is 26.2 Å². The lowest BCUT2D eigenvalue weighted by molar-refractivity contribution is 0.0166. The maximum atomic E-state index is 12.2. The molecule has 4 nitrogen and oxygen atoms in total. The van der Waals surface area contributed by atoms with E-state index in [4.69, 9.17) is 4.74 Å². The number of hydrogen-bond donors (Lipinski definition) is 1. The molecule has 0 spiro atoms. The quantitative estimate of drug-likeness (QED) is 0.811. The molecule has 1 aliphatic carbocycles. The van der Waals surface area contributed by atoms with Crippen molar-refractivity contribution in [1.29, 1.82) is 0 Å². The lowest BCUT2D eigenvalue weighted by Crippen LogP contribution is -2.45. The van der Waals surface area contributed by atoms with E-state index >= 15 is 0 Å². The fourth-order valence-corrected chi connectivity index (χ4v) is 3.49. The number of amides is 1. The number of ether oxygens (including phenoxy) is 1. The van der Waals surface area contributed by atoms with Gasteiger partial charge in [-0.25, -0.2) is 4.79 Å². The van der Waals surface area contributed by atoms with Crippen LogP contribution in [0.3, 0.4) is 0 Å². The molecular weight excluding hydrogens is 276 g/mol. The fraction of sp³-hybridized carbons (Fsp3) is 0.944. The van der Waals surface area contributed by atoms with Crippen LogP contribution >= 0.6 is 0 Å². The van der Waals surface area contributed by atoms with E-state index in [9.17, 15) is 4.79 Å². The molecule has 1 amide bonds. The second-order valence-corrected chi connectivity index (χ2v) is 8.32. The molecule has 0 aromatic carbocycles. The van der Waals surface area contributed by atoms with E-state index in [1.54, 1.807) is 0 Å². The number of rotatable bonds is 6. The van der Waals surface area contributed by atoms with Gasteiger partial charge in [-0.2, -0.15) is 0 Å². The van der Waals surface area contributed by atoms with Crippen molar-refractivity contribution in [1.82, 2.24) is 10.2 Å². The van der Waals surface area contributed by atoms with Gasteiger partial charge in [0.1, 0.15) is 5.60 Å². The van der Waals surface area contributed by atoms with E-state index in [2.05, 4.69) is 12.2 Å². The molecular formula is C18H34N2O2. The highest BCUT2D eigenvalue weighted by Crippen LogP contribution is 2.48. The Hall–Kier alpha value is -0.770. The second-order valence-electron chi connectivity index (χ2n) is 8.32. The largest absolute Gasteiger partial charge is 0.444 e. The van der Waals surface area contributed by atoms with Crippen molar-refractivity contribution in [3.05, 3.63) is 0 Å². The van der Waals surface area contributed by atoms with E-state index in [-0.39, 0.29) is 6.09 Å². The zero-order valence-corrected chi connectivity index (χ0v) is 14.9. The number of carbonyl (C=O) groups excluding carboxylic acids is 1. The van der Waals surface area contributed by atoms with Crippen LogP contribution < -0.4 is 5.32 Å². The third-order valence-corrected chi connectivity index (χ3v) is 4.84. The van der Waals surface area contributed by atoms with Crippen LogP contribution in [0.25, 0.3) is 0 Å². The molecule has 0 aromatic rings. The topological polar surface area (TPSA) is 41.6 Å². The molecule has 1 N–H and O–H groups in total. The van der Waals surface area contributed by atoms with Crippen molar-refractivity contribution in [3.63, 3.8) is 0 Å². The molecule has 2 fully saturated rings. The summed E-state index contributed by atoms with van der Waals surface area (Å²) in [6.07, 6.45) is 7.58. The average Bonchev–Trinajstić information content (AvgIpc) is 3.17. The highest BCUT2D eigenvalue weighted by molar-refractivity contribution is 5.68. The van der Waals surface area contributed by atoms with Gasteiger partial charge in [0.15, 0.2) is 0 Å². The van der Waals surface area contributed by atoms with Crippen molar-refractivity contribution in [3.8, 4) is 0 Å². The Bertz CT molecular complexity index is 372. The third-order valence-electron chi connectivity index (χ3n) is 4.84. The Kier molecular flexibility index (Phi) is 5.76. The fourth-order valence-electron chi connectivity index (χ4n) is 3.49. The molecule has 0 radical (unpaired) electrons. The monoisotopic (exact) mass is 310 g/mol. The van der Waals surface area contributed by atoms with Crippen LogP contribution in [-0.2, 0) is 4.74 Å². The van der Waals surface area contributed by atoms with Crippen LogP contribution in [0.4, 0.5) is 4.79 Å². The van der Waals surface area contributed by atoms with Gasteiger partial charge in [-0.3, -0.25) is 0 Å². The maximum Gasteiger partial charge on any atom is 0.410 e. The van der Waals surface area contributed by atoms with Gasteiger partial charge in [-0.1, -0.05) is 13.3 Å². The number of nitrogens with zero attached hydrogens (tertiary/aromatic N) is 1. The molecule has 1 atom stereocenters. The Morgan fingerprint density at radius 3 is 2.68 bits per heavy atom. The average molecular weight is 310 g/mol. The van der Waals surface area contributed by atoms with Crippen LogP contribution in [0.1, 0.15) is 66.2 Å². The molecule has 1 heterocycles. The minimum Gasteiger partial charge on any atom is -0.444 e. The van der Waals surface area contributed by atoms with Gasteiger partial charge in [-0.15, -0.1) is 0 Å². The standard InChI is InChI=1S/C18H34N2O2/c1-5-8-18(9-10-18)14-19-12-15-7-6-11-20(13-15)16(21)22-17(2,3)4/h15,19H,5-14H2,1-4H3. The summed E-state index contributed by atoms with van der Waals surface area (Å²) in [4.78, 5) is 14.1. The first-order chi connectivity index (χ1) is 10.3. The number of piperidine rings is 1. The smallest absolute Gasteiger partial charge is 0.410 e. The molecule has 128 valence electrons. The highest BCUT2D eigenvalue weighted by atomic mass is 16.6. The molecule has 4 heteroatoms. The SMILES string of the molecule is CCCC1(CNCC2CCCN(C(=O)OC(C)(C)C)C2)CC1. The minimum absolute atomic E-state index is 0.151. The molecule has 1 aliphatic heterocycles. The van der Waals surface area contributed by atoms with E-state index in [0.717, 1.165) is 32.6 Å². The minimum atomic E-state index is -0.402. The molecule has 0 aromatic heterocycles. The number of carbonyl (C=O) groups is 1. The first kappa shape index (κ1) is 17.6. The molecule has 2 aliphatic rings. The van der Waals surface area contributed by atoms with Crippen LogP contribution in [0.5, 0.6) is 0 Å². The summed E-state index contributed by atoms with van der Waals surface area (Å²) in [6.45, 7) is 11.9. The lowest BCUT2D eigenvalue weighted by Gasteiger charge is -2.34. The predicted molar refractivity (Wildman–Crippen MR) is 90.0 cm³/mol. The first-order valence-corrected chi connectivity index (χ1v) is 9.02. The van der Waals surface area contributed by atoms with Gasteiger partial charge in [0.25, 0.3) is 0 Å². The number of nitrogens with one attached hydrogen (secondary N) is 1. The van der Waals surface area contributed by atoms with E-state index < -0.39 is 5.60 Å². The normalized spacial score (nSPS) is 24.2. The van der Waals surface area contributed by atoms with Gasteiger partial charge in [0.2, 0.25) is 0 Å². The molecule has 1 unspecified atom stereocenters. The van der Waals surface area contributed by atoms with E-state index in [1.165, 1.54) is 32.1 Å². The number of likely N-dealkylation sites (tertiary alicyclic amines) is 1. The van der Waals surface area contributed by atoms with E-state index in [0.29, 0.717) is 11.3 Å². The summed E-state index contributed by atoms with van der Waals surface area (Å²) in [5.41, 5.74) is 0.203. The first-order valence-electron chi connectivity index (χ1n) is 9.02. The predicted octanol–water partition coefficient (Wildman–Crippen LogP) is 3.80. The number of hydrogen-bond acceptors (Lipinski definition) is 3. The second kappa shape index (κ2) is 7.20. The van der Waals surface area contributed by atoms with Gasteiger partial charge in [-0.05, 0) is 70.8 Å². The van der Waals surface area contributed by atoms with Crippen LogP contribution in [0.2, 0.25) is 0 Å². The van der Waals surface area contributed by atoms with Crippen molar-refractivity contribution < 1.29 is 9.53 Å². The summed E-state index contributed by atoms with van der Waals surface area (Å²) in [5, 5.41) is 3.67. The Morgan fingerprint density at radius 2 is 2.09 bits per heavy atom. The zero-order chi connectivity index (χ0) is 16.2. The molecule has 0 bridgehead atoms. The van der Waals surface area contributed by atoms with E-state index in [1.807, 2.05) is 25.7 Å². The Balaban J connectivity index is 1.70. The summed E-state index contributed by atoms with van der Waals surface area (Å²) in [6, 6.07) is 0. The Morgan fingerprint density at radius 1 is 1.36 bits per heavy atom.